The van der Waals surface area contributed by atoms with Gasteiger partial charge in [-0.3, -0.25) is 20.2 Å². The molecule has 11 nitrogen and oxygen atoms in total. The van der Waals surface area contributed by atoms with Crippen LogP contribution in [0.4, 0.5) is 5.69 Å². The number of amidine groups is 1. The molecule has 0 unspecified atom stereocenters. The number of carbonyl (C=O) groups excluding carboxylic acids is 1. The number of benzene rings is 2. The fourth-order valence-electron chi connectivity index (χ4n) is 2.68. The summed E-state index contributed by atoms with van der Waals surface area (Å²) in [6.45, 7) is 0. The van der Waals surface area contributed by atoms with Crippen LogP contribution in [0.25, 0.3) is 6.08 Å². The normalized spacial score (nSPS) is 16.2. The van der Waals surface area contributed by atoms with Gasteiger partial charge in [-0.05, 0) is 48.2 Å². The molecule has 0 aromatic heterocycles. The number of sulfonamides is 1. The minimum atomic E-state index is -4.10. The van der Waals surface area contributed by atoms with E-state index in [2.05, 4.69) is 9.71 Å². The van der Waals surface area contributed by atoms with Gasteiger partial charge in [0, 0.05) is 0 Å². The minimum Gasteiger partial charge on any atom is -0.497 e. The van der Waals surface area contributed by atoms with Crippen LogP contribution in [0.5, 0.6) is 17.2 Å². The van der Waals surface area contributed by atoms with Crippen molar-refractivity contribution in [2.75, 3.05) is 21.3 Å². The highest BCUT2D eigenvalue weighted by Gasteiger charge is 2.28. The lowest BCUT2D eigenvalue weighted by molar-refractivity contribution is -0.385. The number of hydrogen-bond donors (Lipinski definition) is 1. The first-order valence-corrected chi connectivity index (χ1v) is 11.0. The highest BCUT2D eigenvalue weighted by molar-refractivity contribution is 8.19. The van der Waals surface area contributed by atoms with Gasteiger partial charge in [-0.1, -0.05) is 0 Å². The van der Waals surface area contributed by atoms with Crippen molar-refractivity contribution < 1.29 is 32.3 Å². The number of nitrogens with zero attached hydrogens (tertiary/aromatic N) is 2. The van der Waals surface area contributed by atoms with E-state index in [9.17, 15) is 23.3 Å². The summed E-state index contributed by atoms with van der Waals surface area (Å²) in [6, 6.07) is 8.10. The van der Waals surface area contributed by atoms with Gasteiger partial charge in [0.25, 0.3) is 21.6 Å². The Morgan fingerprint density at radius 1 is 1.06 bits per heavy atom. The molecule has 0 radical (unpaired) electrons. The SMILES string of the molecule is COc1ccc(S(=O)(=O)/N=C2\NC(=O)/C(=C/c3cc(OC)c(OC)cc3[N+](=O)[O-])S2)cc1. The van der Waals surface area contributed by atoms with E-state index >= 15 is 0 Å². The Kier molecular flexibility index (Phi) is 6.69. The summed E-state index contributed by atoms with van der Waals surface area (Å²) in [6.07, 6.45) is 1.25. The quantitative estimate of drug-likeness (QED) is 0.359. The maximum Gasteiger partial charge on any atom is 0.284 e. The molecule has 1 heterocycles. The zero-order valence-electron chi connectivity index (χ0n) is 17.0. The molecule has 0 spiro atoms. The number of nitrogens with one attached hydrogen (secondary N) is 1. The molecule has 3 rings (SSSR count). The van der Waals surface area contributed by atoms with Crippen molar-refractivity contribution in [3.63, 3.8) is 0 Å². The van der Waals surface area contributed by atoms with Gasteiger partial charge >= 0.3 is 0 Å². The molecule has 1 aliphatic rings. The smallest absolute Gasteiger partial charge is 0.284 e. The number of hydrogen-bond acceptors (Lipinski definition) is 9. The summed E-state index contributed by atoms with van der Waals surface area (Å²) in [5.74, 6) is 0.201. The van der Waals surface area contributed by atoms with E-state index < -0.39 is 20.9 Å². The van der Waals surface area contributed by atoms with Gasteiger partial charge in [-0.15, -0.1) is 4.40 Å². The van der Waals surface area contributed by atoms with Crippen LogP contribution < -0.4 is 19.5 Å². The van der Waals surface area contributed by atoms with Crippen molar-refractivity contribution in [3.05, 3.63) is 57.0 Å². The van der Waals surface area contributed by atoms with Crippen molar-refractivity contribution >= 4 is 44.6 Å². The number of thioether (sulfide) groups is 1. The molecular formula is C19H17N3O8S2. The lowest BCUT2D eigenvalue weighted by atomic mass is 10.1. The standard InChI is InChI=1S/C19H17N3O8S2/c1-28-12-4-6-13(7-5-12)32(26,27)21-19-20-18(23)17(31-19)9-11-8-15(29-2)16(30-3)10-14(11)22(24)25/h4-10H,1-3H3,(H,20,21,23)/b17-9-. The molecule has 0 aliphatic carbocycles. The molecule has 168 valence electrons. The fourth-order valence-corrected chi connectivity index (χ4v) is 4.65. The average molecular weight is 479 g/mol. The van der Waals surface area contributed by atoms with Crippen LogP contribution in [0.1, 0.15) is 5.56 Å². The van der Waals surface area contributed by atoms with E-state index in [4.69, 9.17) is 14.2 Å². The maximum atomic E-state index is 12.5. The number of nitro groups is 1. The Hall–Kier alpha value is -3.58. The number of methoxy groups -OCH3 is 3. The van der Waals surface area contributed by atoms with Gasteiger partial charge in [0.1, 0.15) is 5.75 Å². The summed E-state index contributed by atoms with van der Waals surface area (Å²) in [5, 5.41) is 13.6. The minimum absolute atomic E-state index is 0.0176. The third kappa shape index (κ3) is 4.84. The zero-order valence-corrected chi connectivity index (χ0v) is 18.7. The first-order valence-electron chi connectivity index (χ1n) is 8.79. The monoisotopic (exact) mass is 479 g/mol. The maximum absolute atomic E-state index is 12.5. The van der Waals surface area contributed by atoms with Crippen molar-refractivity contribution in [1.29, 1.82) is 0 Å². The first-order chi connectivity index (χ1) is 15.2. The van der Waals surface area contributed by atoms with Crippen LogP contribution in [0.15, 0.2) is 50.6 Å². The molecule has 0 atom stereocenters. The third-order valence-electron chi connectivity index (χ3n) is 4.23. The van der Waals surface area contributed by atoms with Gasteiger partial charge in [0.2, 0.25) is 0 Å². The average Bonchev–Trinajstić information content (AvgIpc) is 3.10. The van der Waals surface area contributed by atoms with Crippen molar-refractivity contribution in [2.45, 2.75) is 4.90 Å². The Morgan fingerprint density at radius 3 is 2.25 bits per heavy atom. The van der Waals surface area contributed by atoms with E-state index in [-0.39, 0.29) is 37.7 Å². The molecule has 1 saturated heterocycles. The highest BCUT2D eigenvalue weighted by atomic mass is 32.2. The number of carbonyl (C=O) groups is 1. The molecule has 13 heteroatoms. The number of amides is 1. The Labute approximate surface area is 187 Å². The van der Waals surface area contributed by atoms with Gasteiger partial charge in [-0.25, -0.2) is 0 Å². The van der Waals surface area contributed by atoms with Gasteiger partial charge in [0.05, 0.1) is 47.7 Å². The third-order valence-corrected chi connectivity index (χ3v) is 6.54. The van der Waals surface area contributed by atoms with Gasteiger partial charge < -0.3 is 14.2 Å². The molecule has 0 bridgehead atoms. The van der Waals surface area contributed by atoms with Gasteiger partial charge in [0.15, 0.2) is 16.7 Å². The molecule has 1 aliphatic heterocycles. The largest absolute Gasteiger partial charge is 0.497 e. The second-order valence-corrected chi connectivity index (χ2v) is 8.77. The van der Waals surface area contributed by atoms with E-state index in [0.29, 0.717) is 5.75 Å². The molecule has 1 fully saturated rings. The van der Waals surface area contributed by atoms with E-state index in [0.717, 1.165) is 11.8 Å². The van der Waals surface area contributed by atoms with E-state index in [1.807, 2.05) is 0 Å². The van der Waals surface area contributed by atoms with Gasteiger partial charge in [-0.2, -0.15) is 8.42 Å². The topological polar surface area (TPSA) is 146 Å². The van der Waals surface area contributed by atoms with Crippen molar-refractivity contribution in [2.24, 2.45) is 4.40 Å². The number of nitro benzene ring substituents is 1. The van der Waals surface area contributed by atoms with Crippen LogP contribution in [-0.2, 0) is 14.8 Å². The van der Waals surface area contributed by atoms with Crippen LogP contribution in [-0.4, -0.2) is 45.7 Å². The van der Waals surface area contributed by atoms with E-state index in [1.165, 1.54) is 63.8 Å². The summed E-state index contributed by atoms with van der Waals surface area (Å²) >= 11 is 0.739. The first kappa shape index (κ1) is 23.1. The predicted molar refractivity (Wildman–Crippen MR) is 118 cm³/mol. The summed E-state index contributed by atoms with van der Waals surface area (Å²) in [7, 11) is 0.0514. The summed E-state index contributed by atoms with van der Waals surface area (Å²) < 4.78 is 43.9. The second-order valence-electron chi connectivity index (χ2n) is 6.13. The molecule has 1 N–H and O–H groups in total. The molecule has 32 heavy (non-hydrogen) atoms. The molecular weight excluding hydrogens is 462 g/mol. The Bertz CT molecular complexity index is 1240. The summed E-state index contributed by atoms with van der Waals surface area (Å²) in [4.78, 5) is 23.1. The number of ether oxygens (including phenoxy) is 3. The van der Waals surface area contributed by atoms with Crippen molar-refractivity contribution in [1.82, 2.24) is 5.32 Å². The number of rotatable bonds is 7. The lowest BCUT2D eigenvalue weighted by Gasteiger charge is -2.08. The predicted octanol–water partition coefficient (Wildman–Crippen LogP) is 2.57. The van der Waals surface area contributed by atoms with Crippen LogP contribution in [0.3, 0.4) is 0 Å². The van der Waals surface area contributed by atoms with Crippen LogP contribution in [0, 0.1) is 10.1 Å². The highest BCUT2D eigenvalue weighted by Crippen LogP contribution is 2.37. The van der Waals surface area contributed by atoms with E-state index in [1.54, 1.807) is 0 Å². The Morgan fingerprint density at radius 2 is 1.69 bits per heavy atom. The molecule has 2 aromatic rings. The van der Waals surface area contributed by atoms with Crippen molar-refractivity contribution in [3.8, 4) is 17.2 Å². The second kappa shape index (κ2) is 9.28. The molecule has 1 amide bonds. The van der Waals surface area contributed by atoms with Crippen LogP contribution in [0.2, 0.25) is 0 Å². The fraction of sp³-hybridized carbons (Fsp3) is 0.158. The zero-order chi connectivity index (χ0) is 23.5. The van der Waals surface area contributed by atoms with Crippen LogP contribution >= 0.6 is 11.8 Å². The summed E-state index contributed by atoms with van der Waals surface area (Å²) in [5.41, 5.74) is -0.246. The lowest BCUT2D eigenvalue weighted by Crippen LogP contribution is -2.20. The molecule has 0 saturated carbocycles. The molecule has 2 aromatic carbocycles. The Balaban J connectivity index is 1.95.